The van der Waals surface area contributed by atoms with E-state index in [0.29, 0.717) is 0 Å². The van der Waals surface area contributed by atoms with Gasteiger partial charge < -0.3 is 0 Å². The van der Waals surface area contributed by atoms with Crippen LogP contribution in [0.1, 0.15) is 18.1 Å². The van der Waals surface area contributed by atoms with Crippen LogP contribution in [-0.4, -0.2) is 8.07 Å². The lowest BCUT2D eigenvalue weighted by atomic mass is 10.1. The van der Waals surface area contributed by atoms with Gasteiger partial charge in [-0.3, -0.25) is 0 Å². The highest BCUT2D eigenvalue weighted by Gasteiger charge is 2.55. The van der Waals surface area contributed by atoms with E-state index in [1.165, 1.54) is 15.9 Å². The van der Waals surface area contributed by atoms with E-state index >= 15 is 0 Å². The molecule has 5 rings (SSSR count). The summed E-state index contributed by atoms with van der Waals surface area (Å²) in [7, 11) is -1.98. The molecule has 3 aromatic rings. The first kappa shape index (κ1) is 13.1. The smallest absolute Gasteiger partial charge is 0.0680 e. The second kappa shape index (κ2) is 4.56. The van der Waals surface area contributed by atoms with E-state index in [-0.39, 0.29) is 0 Å². The van der Waals surface area contributed by atoms with Gasteiger partial charge in [0, 0.05) is 0 Å². The lowest BCUT2D eigenvalue weighted by Crippen LogP contribution is -2.74. The summed E-state index contributed by atoms with van der Waals surface area (Å²) < 4.78 is 0. The van der Waals surface area contributed by atoms with Crippen molar-refractivity contribution < 1.29 is 0 Å². The summed E-state index contributed by atoms with van der Waals surface area (Å²) in [5, 5.41) is 6.33. The predicted octanol–water partition coefficient (Wildman–Crippen LogP) is 3.04. The first-order chi connectivity index (χ1) is 11.3. The topological polar surface area (TPSA) is 0 Å². The van der Waals surface area contributed by atoms with E-state index < -0.39 is 8.07 Å². The standard InChI is InChI=1S/C22H18Si/c1-16-15-17-9-8-14-20-21(17)22(16)23(20,18-10-4-2-5-11-18)19-12-6-3-7-13-19/h2-14H,15H2,1H3. The molecule has 2 aliphatic rings. The molecule has 1 heteroatoms. The van der Waals surface area contributed by atoms with Gasteiger partial charge in [-0.05, 0) is 45.2 Å². The van der Waals surface area contributed by atoms with Crippen LogP contribution >= 0.6 is 0 Å². The summed E-state index contributed by atoms with van der Waals surface area (Å²) >= 11 is 0. The van der Waals surface area contributed by atoms with Crippen LogP contribution in [0.15, 0.2) is 84.4 Å². The fraction of sp³-hybridized carbons (Fsp3) is 0.0909. The molecule has 23 heavy (non-hydrogen) atoms. The summed E-state index contributed by atoms with van der Waals surface area (Å²) in [6.45, 7) is 2.34. The average Bonchev–Trinajstić information content (AvgIpc) is 2.92. The van der Waals surface area contributed by atoms with E-state index in [0.717, 1.165) is 6.42 Å². The minimum absolute atomic E-state index is 1.13. The van der Waals surface area contributed by atoms with Crippen LogP contribution < -0.4 is 15.6 Å². The fourth-order valence-electron chi connectivity index (χ4n) is 4.67. The molecular weight excluding hydrogens is 292 g/mol. The van der Waals surface area contributed by atoms with Crippen LogP contribution in [-0.2, 0) is 6.42 Å². The molecule has 110 valence electrons. The van der Waals surface area contributed by atoms with Gasteiger partial charge in [0.1, 0.15) is 0 Å². The Balaban J connectivity index is 1.92. The third-order valence-electron chi connectivity index (χ3n) is 5.48. The quantitative estimate of drug-likeness (QED) is 0.638. The molecule has 1 aliphatic carbocycles. The molecule has 0 nitrogen and oxygen atoms in total. The molecule has 0 N–H and O–H groups in total. The van der Waals surface area contributed by atoms with Crippen molar-refractivity contribution in [3.05, 3.63) is 95.6 Å². The molecule has 0 fully saturated rings. The van der Waals surface area contributed by atoms with Crippen molar-refractivity contribution in [2.75, 3.05) is 0 Å². The number of allylic oxidation sites excluding steroid dienone is 1. The van der Waals surface area contributed by atoms with Crippen molar-refractivity contribution in [2.24, 2.45) is 0 Å². The normalized spacial score (nSPS) is 16.9. The maximum atomic E-state index is 2.38. The van der Waals surface area contributed by atoms with E-state index in [4.69, 9.17) is 0 Å². The van der Waals surface area contributed by atoms with Crippen LogP contribution in [0.4, 0.5) is 0 Å². The Kier molecular flexibility index (Phi) is 2.60. The zero-order valence-corrected chi connectivity index (χ0v) is 14.2. The highest BCUT2D eigenvalue weighted by molar-refractivity contribution is 7.27. The van der Waals surface area contributed by atoms with Crippen molar-refractivity contribution >= 4 is 28.8 Å². The fourth-order valence-corrected chi connectivity index (χ4v) is 10.1. The molecule has 0 radical (unpaired) electrons. The summed E-state index contributed by atoms with van der Waals surface area (Å²) in [5.74, 6) is 0. The highest BCUT2D eigenvalue weighted by atomic mass is 28.3. The van der Waals surface area contributed by atoms with Gasteiger partial charge in [-0.2, -0.15) is 0 Å². The molecule has 0 amide bonds. The number of benzene rings is 3. The molecule has 0 aromatic heterocycles. The SMILES string of the molecule is CC1=C2c3c(cccc3[Si]2(c2ccccc2)c2ccccc2)C1. The van der Waals surface area contributed by atoms with E-state index in [1.807, 2.05) is 0 Å². The van der Waals surface area contributed by atoms with Gasteiger partial charge in [-0.15, -0.1) is 0 Å². The van der Waals surface area contributed by atoms with Gasteiger partial charge in [0.25, 0.3) is 0 Å². The van der Waals surface area contributed by atoms with Gasteiger partial charge >= 0.3 is 0 Å². The molecule has 0 saturated heterocycles. The van der Waals surface area contributed by atoms with Gasteiger partial charge in [-0.25, -0.2) is 0 Å². The van der Waals surface area contributed by atoms with Crippen molar-refractivity contribution in [1.82, 2.24) is 0 Å². The molecule has 0 unspecified atom stereocenters. The average molecular weight is 310 g/mol. The Hall–Kier alpha value is -2.38. The molecule has 3 aromatic carbocycles. The Labute approximate surface area is 138 Å². The van der Waals surface area contributed by atoms with Gasteiger partial charge in [0.15, 0.2) is 8.07 Å². The molecule has 1 heterocycles. The van der Waals surface area contributed by atoms with Crippen LogP contribution in [0.3, 0.4) is 0 Å². The highest BCUT2D eigenvalue weighted by Crippen LogP contribution is 2.45. The Morgan fingerprint density at radius 2 is 1.30 bits per heavy atom. The van der Waals surface area contributed by atoms with Crippen molar-refractivity contribution in [1.29, 1.82) is 0 Å². The number of hydrogen-bond acceptors (Lipinski definition) is 0. The predicted molar refractivity (Wildman–Crippen MR) is 100 cm³/mol. The number of hydrogen-bond donors (Lipinski definition) is 0. The lowest BCUT2D eigenvalue weighted by Gasteiger charge is -2.45. The Morgan fingerprint density at radius 1 is 0.696 bits per heavy atom. The summed E-state index contributed by atoms with van der Waals surface area (Å²) in [4.78, 5) is 0. The lowest BCUT2D eigenvalue weighted by molar-refractivity contribution is 1.20. The maximum absolute atomic E-state index is 2.38. The molecular formula is C22H18Si. The van der Waals surface area contributed by atoms with Crippen LogP contribution in [0, 0.1) is 0 Å². The van der Waals surface area contributed by atoms with Crippen molar-refractivity contribution in [2.45, 2.75) is 13.3 Å². The second-order valence-corrected chi connectivity index (χ2v) is 10.3. The van der Waals surface area contributed by atoms with E-state index in [9.17, 15) is 0 Å². The minimum atomic E-state index is -1.98. The van der Waals surface area contributed by atoms with Crippen LogP contribution in [0.5, 0.6) is 0 Å². The van der Waals surface area contributed by atoms with E-state index in [1.54, 1.807) is 21.5 Å². The monoisotopic (exact) mass is 310 g/mol. The molecule has 1 aliphatic heterocycles. The largest absolute Gasteiger partial charge is 0.180 e. The van der Waals surface area contributed by atoms with E-state index in [2.05, 4.69) is 85.8 Å². The summed E-state index contributed by atoms with van der Waals surface area (Å²) in [5.41, 5.74) is 4.69. The summed E-state index contributed by atoms with van der Waals surface area (Å²) in [6, 6.07) is 29.3. The second-order valence-electron chi connectivity index (χ2n) is 6.65. The van der Waals surface area contributed by atoms with Gasteiger partial charge in [0.05, 0.1) is 0 Å². The first-order valence-corrected chi connectivity index (χ1v) is 10.3. The summed E-state index contributed by atoms with van der Waals surface area (Å²) in [6.07, 6.45) is 1.13. The molecule has 0 atom stereocenters. The maximum Gasteiger partial charge on any atom is 0.180 e. The van der Waals surface area contributed by atoms with Crippen molar-refractivity contribution in [3.63, 3.8) is 0 Å². The Morgan fingerprint density at radius 3 is 1.91 bits per heavy atom. The van der Waals surface area contributed by atoms with Gasteiger partial charge in [0.2, 0.25) is 0 Å². The molecule has 0 spiro atoms. The van der Waals surface area contributed by atoms with Crippen LogP contribution in [0.25, 0.3) is 5.20 Å². The Bertz CT molecular complexity index is 897. The number of rotatable bonds is 2. The minimum Gasteiger partial charge on any atom is -0.0680 e. The zero-order chi connectivity index (χ0) is 15.4. The van der Waals surface area contributed by atoms with Crippen molar-refractivity contribution in [3.8, 4) is 0 Å². The third kappa shape index (κ3) is 1.50. The third-order valence-corrected chi connectivity index (χ3v) is 10.5. The molecule has 0 saturated carbocycles. The first-order valence-electron chi connectivity index (χ1n) is 8.27. The van der Waals surface area contributed by atoms with Gasteiger partial charge in [-0.1, -0.05) is 84.4 Å². The molecule has 0 bridgehead atoms. The zero-order valence-electron chi connectivity index (χ0n) is 13.2. The van der Waals surface area contributed by atoms with Crippen LogP contribution in [0.2, 0.25) is 0 Å².